The van der Waals surface area contributed by atoms with E-state index in [4.69, 9.17) is 10.2 Å². The van der Waals surface area contributed by atoms with Crippen LogP contribution in [0.1, 0.15) is 1.43 Å². The highest BCUT2D eigenvalue weighted by Crippen LogP contribution is 1.70. The molecule has 0 aliphatic carbocycles. The van der Waals surface area contributed by atoms with Crippen molar-refractivity contribution >= 4 is 11.9 Å². The van der Waals surface area contributed by atoms with Gasteiger partial charge in [0, 0.05) is 13.6 Å². The minimum atomic E-state index is -1.26. The quantitative estimate of drug-likeness (QED) is 0.500. The number of carboxylic acid groups (broad SMARTS) is 2. The Hall–Kier alpha value is -1.32. The fourth-order valence-corrected chi connectivity index (χ4v) is 0.143. The largest absolute Gasteiger partial charge is 0.478 e. The molecule has 2 N–H and O–H groups in total. The SMILES string of the molecule is O=C(O)/C=C/C(=O)O.[2HH]. The fraction of sp³-hybridized carbons (Fsp3) is 0. The lowest BCUT2D eigenvalue weighted by molar-refractivity contribution is -0.134. The molecule has 0 rings (SSSR count). The fourth-order valence-electron chi connectivity index (χ4n) is 0.143. The Bertz CT molecular complexity index is 124. The number of hydrogen-bond donors (Lipinski definition) is 2. The minimum Gasteiger partial charge on any atom is -0.478 e. The van der Waals surface area contributed by atoms with Gasteiger partial charge in [0.25, 0.3) is 0 Å². The van der Waals surface area contributed by atoms with E-state index in [-0.39, 0.29) is 1.43 Å². The van der Waals surface area contributed by atoms with Crippen molar-refractivity contribution in [1.82, 2.24) is 0 Å². The number of aliphatic carboxylic acids is 2. The van der Waals surface area contributed by atoms with Gasteiger partial charge in [-0.05, 0) is 0 Å². The standard InChI is InChI=1S/C4H4O4.H2/c5-3(6)1-2-4(7)8;/h1-2H,(H,5,6)(H,7,8);1H/b2-1+;/i;1+1. The first-order chi connectivity index (χ1) is 3.63. The molecule has 0 heterocycles. The van der Waals surface area contributed by atoms with E-state index in [1.165, 1.54) is 0 Å². The van der Waals surface area contributed by atoms with Gasteiger partial charge in [-0.15, -0.1) is 0 Å². The predicted molar refractivity (Wildman–Crippen MR) is 26.5 cm³/mol. The molecule has 0 saturated heterocycles. The van der Waals surface area contributed by atoms with Gasteiger partial charge in [0.15, 0.2) is 0 Å². The Morgan fingerprint density at radius 1 is 1.12 bits per heavy atom. The molecule has 0 aliphatic rings. The third kappa shape index (κ3) is 4.68. The number of rotatable bonds is 2. The number of carboxylic acids is 2. The lowest BCUT2D eigenvalue weighted by Gasteiger charge is -1.74. The molecule has 0 fully saturated rings. The van der Waals surface area contributed by atoms with Crippen LogP contribution in [-0.2, 0) is 9.59 Å². The maximum absolute atomic E-state index is 9.55. The molecule has 0 radical (unpaired) electrons. The van der Waals surface area contributed by atoms with Crippen LogP contribution >= 0.6 is 0 Å². The Labute approximate surface area is 46.5 Å². The van der Waals surface area contributed by atoms with Gasteiger partial charge in [0.2, 0.25) is 0 Å². The smallest absolute Gasteiger partial charge is 0.328 e. The summed E-state index contributed by atoms with van der Waals surface area (Å²) in [5.41, 5.74) is 0. The van der Waals surface area contributed by atoms with Gasteiger partial charge in [-0.3, -0.25) is 0 Å². The topological polar surface area (TPSA) is 74.6 Å². The summed E-state index contributed by atoms with van der Waals surface area (Å²) in [4.78, 5) is 19.1. The van der Waals surface area contributed by atoms with Crippen LogP contribution < -0.4 is 0 Å². The van der Waals surface area contributed by atoms with Crippen molar-refractivity contribution in [3.63, 3.8) is 0 Å². The second-order valence-corrected chi connectivity index (χ2v) is 1.01. The number of hydrogen-bond acceptors (Lipinski definition) is 2. The van der Waals surface area contributed by atoms with Crippen LogP contribution in [0.4, 0.5) is 0 Å². The highest BCUT2D eigenvalue weighted by Gasteiger charge is 1.88. The highest BCUT2D eigenvalue weighted by molar-refractivity contribution is 5.89. The second-order valence-electron chi connectivity index (χ2n) is 1.01. The normalized spacial score (nSPS) is 9.50. The van der Waals surface area contributed by atoms with Crippen LogP contribution in [0, 0.1) is 0 Å². The van der Waals surface area contributed by atoms with Gasteiger partial charge in [0.05, 0.1) is 0 Å². The Balaban J connectivity index is 0. The molecule has 46 valence electrons. The van der Waals surface area contributed by atoms with Gasteiger partial charge in [-0.1, -0.05) is 0 Å². The van der Waals surface area contributed by atoms with Crippen molar-refractivity contribution in [3.05, 3.63) is 12.2 Å². The highest BCUT2D eigenvalue weighted by atomic mass is 16.4. The van der Waals surface area contributed by atoms with Crippen LogP contribution in [-0.4, -0.2) is 22.2 Å². The lowest BCUT2D eigenvalue weighted by Crippen LogP contribution is -1.91. The van der Waals surface area contributed by atoms with Crippen LogP contribution in [0.25, 0.3) is 0 Å². The van der Waals surface area contributed by atoms with E-state index in [1.807, 2.05) is 0 Å². The zero-order chi connectivity index (χ0) is 6.57. The van der Waals surface area contributed by atoms with Crippen molar-refractivity contribution in [1.29, 1.82) is 0 Å². The van der Waals surface area contributed by atoms with Crippen molar-refractivity contribution in [2.45, 2.75) is 0 Å². The van der Waals surface area contributed by atoms with Crippen LogP contribution in [0.5, 0.6) is 0 Å². The second kappa shape index (κ2) is 2.79. The van der Waals surface area contributed by atoms with E-state index in [0.29, 0.717) is 12.2 Å². The maximum atomic E-state index is 9.55. The third-order valence-corrected chi connectivity index (χ3v) is 0.368. The summed E-state index contributed by atoms with van der Waals surface area (Å²) < 4.78 is 0. The van der Waals surface area contributed by atoms with Crippen molar-refractivity contribution in [2.75, 3.05) is 0 Å². The van der Waals surface area contributed by atoms with Gasteiger partial charge in [-0.2, -0.15) is 0 Å². The summed E-state index contributed by atoms with van der Waals surface area (Å²) in [5.74, 6) is -2.51. The summed E-state index contributed by atoms with van der Waals surface area (Å²) in [6.07, 6.45) is 1.12. The van der Waals surface area contributed by atoms with Gasteiger partial charge in [-0.25, -0.2) is 9.59 Å². The van der Waals surface area contributed by atoms with Crippen molar-refractivity contribution < 1.29 is 21.2 Å². The summed E-state index contributed by atoms with van der Waals surface area (Å²) >= 11 is 0. The van der Waals surface area contributed by atoms with E-state index in [2.05, 4.69) is 0 Å². The summed E-state index contributed by atoms with van der Waals surface area (Å²) in [6.45, 7) is 0. The van der Waals surface area contributed by atoms with E-state index in [0.717, 1.165) is 0 Å². The van der Waals surface area contributed by atoms with Gasteiger partial charge in [0.1, 0.15) is 0 Å². The third-order valence-electron chi connectivity index (χ3n) is 0.368. The molecule has 0 aromatic heterocycles. The monoisotopic (exact) mass is 119 g/mol. The predicted octanol–water partition coefficient (Wildman–Crippen LogP) is -0.0422. The Morgan fingerprint density at radius 2 is 1.38 bits per heavy atom. The van der Waals surface area contributed by atoms with Crippen molar-refractivity contribution in [3.8, 4) is 0 Å². The summed E-state index contributed by atoms with van der Waals surface area (Å²) in [5, 5.41) is 15.6. The average molecular weight is 119 g/mol. The summed E-state index contributed by atoms with van der Waals surface area (Å²) in [6, 6.07) is 0. The molecule has 0 unspecified atom stereocenters. The van der Waals surface area contributed by atoms with E-state index < -0.39 is 11.9 Å². The summed E-state index contributed by atoms with van der Waals surface area (Å²) in [7, 11) is 0. The molecule has 4 nitrogen and oxygen atoms in total. The molecular formula is C4H6O4. The average Bonchev–Trinajstić information content (AvgIpc) is 1.61. The first-order valence-electron chi connectivity index (χ1n) is 1.77. The Kier molecular flexibility index (Phi) is 2.33. The zero-order valence-electron chi connectivity index (χ0n) is 3.87. The lowest BCUT2D eigenvalue weighted by atomic mass is 10.5. The van der Waals surface area contributed by atoms with E-state index in [1.54, 1.807) is 0 Å². The minimum absolute atomic E-state index is 0. The molecule has 0 bridgehead atoms. The van der Waals surface area contributed by atoms with Crippen LogP contribution in [0.15, 0.2) is 12.2 Å². The first-order valence-corrected chi connectivity index (χ1v) is 1.77. The maximum Gasteiger partial charge on any atom is 0.328 e. The Morgan fingerprint density at radius 3 is 1.50 bits per heavy atom. The molecule has 8 heavy (non-hydrogen) atoms. The molecule has 0 aromatic rings. The molecule has 0 aliphatic heterocycles. The molecular weight excluding hydrogens is 112 g/mol. The van der Waals surface area contributed by atoms with Gasteiger partial charge < -0.3 is 10.2 Å². The van der Waals surface area contributed by atoms with Gasteiger partial charge >= 0.3 is 11.9 Å². The molecule has 4 heteroatoms. The first kappa shape index (κ1) is 6.68. The molecule has 0 saturated carbocycles. The molecule has 0 amide bonds. The molecule has 0 atom stereocenters. The zero-order valence-corrected chi connectivity index (χ0v) is 3.87. The van der Waals surface area contributed by atoms with Crippen molar-refractivity contribution in [2.24, 2.45) is 0 Å². The molecule has 0 spiro atoms. The van der Waals surface area contributed by atoms with Crippen LogP contribution in [0.2, 0.25) is 0 Å². The molecule has 0 aromatic carbocycles. The number of carbonyl (C=O) groups is 2. The van der Waals surface area contributed by atoms with E-state index >= 15 is 0 Å². The van der Waals surface area contributed by atoms with E-state index in [9.17, 15) is 9.59 Å². The van der Waals surface area contributed by atoms with Crippen LogP contribution in [0.3, 0.4) is 0 Å².